The molecule has 0 atom stereocenters. The number of anilines is 2. The molecule has 35 heavy (non-hydrogen) atoms. The predicted molar refractivity (Wildman–Crippen MR) is 137 cm³/mol. The van der Waals surface area contributed by atoms with E-state index in [2.05, 4.69) is 4.98 Å². The Hall–Kier alpha value is -3.49. The summed E-state index contributed by atoms with van der Waals surface area (Å²) in [5.41, 5.74) is 4.40. The summed E-state index contributed by atoms with van der Waals surface area (Å²) in [5.74, 6) is 0.321. The Morgan fingerprint density at radius 2 is 1.77 bits per heavy atom. The standard InChI is InChI=1S/C27H29N3O4S/c1-4-30(23-11-6-5-7-12-23)35(32,33)24-13-14-26(28-17-24)29-18-20(2)25(27(29)31)16-21-9-8-10-22(15-21)19-34-3/h5-15,17H,4,16,18-19H2,1-3H3. The minimum Gasteiger partial charge on any atom is -0.380 e. The van der Waals surface area contributed by atoms with Crippen LogP contribution in [-0.2, 0) is 32.6 Å². The van der Waals surface area contributed by atoms with Crippen LogP contribution in [0.3, 0.4) is 0 Å². The molecule has 0 saturated carbocycles. The lowest BCUT2D eigenvalue weighted by Crippen LogP contribution is -2.31. The SMILES string of the molecule is CCN(c1ccccc1)S(=O)(=O)c1ccc(N2CC(C)=C(Cc3cccc(COC)c3)C2=O)nc1. The fourth-order valence-corrected chi connectivity index (χ4v) is 5.68. The molecule has 0 aliphatic carbocycles. The summed E-state index contributed by atoms with van der Waals surface area (Å²) in [6.07, 6.45) is 1.85. The fraction of sp³-hybridized carbons (Fsp3) is 0.259. The second-order valence-corrected chi connectivity index (χ2v) is 10.3. The predicted octanol–water partition coefficient (Wildman–Crippen LogP) is 4.35. The van der Waals surface area contributed by atoms with Crippen molar-refractivity contribution in [1.29, 1.82) is 0 Å². The van der Waals surface area contributed by atoms with Crippen LogP contribution in [0.25, 0.3) is 0 Å². The summed E-state index contributed by atoms with van der Waals surface area (Å²) in [7, 11) is -2.13. The van der Waals surface area contributed by atoms with Gasteiger partial charge in [-0.15, -0.1) is 0 Å². The number of ether oxygens (including phenoxy) is 1. The van der Waals surface area contributed by atoms with Crippen LogP contribution >= 0.6 is 0 Å². The number of nitrogens with zero attached hydrogens (tertiary/aromatic N) is 3. The van der Waals surface area contributed by atoms with E-state index in [0.717, 1.165) is 22.3 Å². The van der Waals surface area contributed by atoms with Crippen molar-refractivity contribution >= 4 is 27.4 Å². The highest BCUT2D eigenvalue weighted by Crippen LogP contribution is 2.29. The number of rotatable bonds is 9. The summed E-state index contributed by atoms with van der Waals surface area (Å²) in [6, 6.07) is 20.1. The molecule has 0 saturated heterocycles. The van der Waals surface area contributed by atoms with E-state index < -0.39 is 10.0 Å². The number of carbonyl (C=O) groups is 1. The summed E-state index contributed by atoms with van der Waals surface area (Å²) < 4.78 is 33.0. The minimum absolute atomic E-state index is 0.0819. The second kappa shape index (κ2) is 10.4. The first-order valence-electron chi connectivity index (χ1n) is 11.5. The van der Waals surface area contributed by atoms with Gasteiger partial charge in [-0.3, -0.25) is 14.0 Å². The maximum Gasteiger partial charge on any atom is 0.265 e. The van der Waals surface area contributed by atoms with Gasteiger partial charge in [0.2, 0.25) is 0 Å². The van der Waals surface area contributed by atoms with E-state index in [4.69, 9.17) is 4.74 Å². The maximum absolute atomic E-state index is 13.2. The highest BCUT2D eigenvalue weighted by Gasteiger charge is 2.31. The topological polar surface area (TPSA) is 79.8 Å². The molecule has 3 aromatic rings. The van der Waals surface area contributed by atoms with Gasteiger partial charge in [0, 0.05) is 38.4 Å². The number of benzene rings is 2. The number of hydrogen-bond acceptors (Lipinski definition) is 5. The molecule has 1 aliphatic heterocycles. The van der Waals surface area contributed by atoms with Crippen molar-refractivity contribution in [1.82, 2.24) is 4.98 Å². The van der Waals surface area contributed by atoms with Gasteiger partial charge in [-0.25, -0.2) is 13.4 Å². The smallest absolute Gasteiger partial charge is 0.265 e. The lowest BCUT2D eigenvalue weighted by atomic mass is 10.0. The number of hydrogen-bond donors (Lipinski definition) is 0. The summed E-state index contributed by atoms with van der Waals surface area (Å²) in [6.45, 7) is 4.97. The van der Waals surface area contributed by atoms with Gasteiger partial charge in [-0.2, -0.15) is 0 Å². The number of para-hydroxylation sites is 1. The van der Waals surface area contributed by atoms with Crippen LogP contribution in [0.15, 0.2) is 89.0 Å². The van der Waals surface area contributed by atoms with Crippen LogP contribution in [-0.4, -0.2) is 39.5 Å². The van der Waals surface area contributed by atoms with E-state index in [-0.39, 0.29) is 17.3 Å². The molecule has 2 aromatic carbocycles. The zero-order valence-electron chi connectivity index (χ0n) is 20.1. The van der Waals surface area contributed by atoms with Gasteiger partial charge in [-0.05, 0) is 54.8 Å². The van der Waals surface area contributed by atoms with Crippen molar-refractivity contribution in [3.63, 3.8) is 0 Å². The molecule has 1 aliphatic rings. The molecule has 0 spiro atoms. The Kier molecular flexibility index (Phi) is 7.33. The molecule has 0 fully saturated rings. The van der Waals surface area contributed by atoms with Crippen LogP contribution in [0.1, 0.15) is 25.0 Å². The lowest BCUT2D eigenvalue weighted by molar-refractivity contribution is -0.114. The molecule has 8 heteroatoms. The van der Waals surface area contributed by atoms with Crippen LogP contribution in [0.5, 0.6) is 0 Å². The third kappa shape index (κ3) is 5.13. The number of carbonyl (C=O) groups excluding carboxylic acids is 1. The van der Waals surface area contributed by atoms with Crippen LogP contribution < -0.4 is 9.21 Å². The van der Waals surface area contributed by atoms with E-state index >= 15 is 0 Å². The third-order valence-corrected chi connectivity index (χ3v) is 7.90. The van der Waals surface area contributed by atoms with Crippen LogP contribution in [0, 0.1) is 0 Å². The van der Waals surface area contributed by atoms with E-state index in [0.29, 0.717) is 31.1 Å². The van der Waals surface area contributed by atoms with Gasteiger partial charge >= 0.3 is 0 Å². The van der Waals surface area contributed by atoms with E-state index in [9.17, 15) is 13.2 Å². The molecule has 4 rings (SSSR count). The first-order valence-corrected chi connectivity index (χ1v) is 12.9. The molecule has 7 nitrogen and oxygen atoms in total. The normalized spacial score (nSPS) is 14.0. The Balaban J connectivity index is 1.52. The second-order valence-electron chi connectivity index (χ2n) is 8.44. The van der Waals surface area contributed by atoms with E-state index in [1.807, 2.05) is 37.3 Å². The highest BCUT2D eigenvalue weighted by atomic mass is 32.2. The molecule has 2 heterocycles. The quantitative estimate of drug-likeness (QED) is 0.445. The zero-order chi connectivity index (χ0) is 25.0. The number of pyridine rings is 1. The number of aromatic nitrogens is 1. The molecule has 0 unspecified atom stereocenters. The third-order valence-electron chi connectivity index (χ3n) is 6.01. The maximum atomic E-state index is 13.2. The molecule has 182 valence electrons. The van der Waals surface area contributed by atoms with E-state index in [1.54, 1.807) is 49.3 Å². The first kappa shape index (κ1) is 24.6. The average Bonchev–Trinajstić information content (AvgIpc) is 3.14. The zero-order valence-corrected chi connectivity index (χ0v) is 21.0. The molecule has 0 radical (unpaired) electrons. The average molecular weight is 492 g/mol. The Morgan fingerprint density at radius 3 is 2.43 bits per heavy atom. The number of methoxy groups -OCH3 is 1. The lowest BCUT2D eigenvalue weighted by Gasteiger charge is -2.23. The van der Waals surface area contributed by atoms with Crippen molar-refractivity contribution in [2.75, 3.05) is 29.4 Å². The van der Waals surface area contributed by atoms with Crippen molar-refractivity contribution < 1.29 is 17.9 Å². The van der Waals surface area contributed by atoms with Crippen LogP contribution in [0.2, 0.25) is 0 Å². The molecular formula is C27H29N3O4S. The Morgan fingerprint density at radius 1 is 1.03 bits per heavy atom. The van der Waals surface area contributed by atoms with Gasteiger partial charge in [-0.1, -0.05) is 42.5 Å². The highest BCUT2D eigenvalue weighted by molar-refractivity contribution is 7.92. The van der Waals surface area contributed by atoms with Crippen LogP contribution in [0.4, 0.5) is 11.5 Å². The van der Waals surface area contributed by atoms with Gasteiger partial charge in [0.25, 0.3) is 15.9 Å². The monoisotopic (exact) mass is 491 g/mol. The van der Waals surface area contributed by atoms with E-state index in [1.165, 1.54) is 16.6 Å². The first-order chi connectivity index (χ1) is 16.8. The minimum atomic E-state index is -3.78. The van der Waals surface area contributed by atoms with Crippen molar-refractivity contribution in [3.8, 4) is 0 Å². The fourth-order valence-electron chi connectivity index (χ4n) is 4.26. The molecule has 0 N–H and O–H groups in total. The van der Waals surface area contributed by atoms with Gasteiger partial charge in [0.05, 0.1) is 12.3 Å². The van der Waals surface area contributed by atoms with Crippen molar-refractivity contribution in [2.45, 2.75) is 31.8 Å². The number of amides is 1. The summed E-state index contributed by atoms with van der Waals surface area (Å²) in [4.78, 5) is 19.3. The molecule has 1 amide bonds. The van der Waals surface area contributed by atoms with Gasteiger partial charge < -0.3 is 4.74 Å². The largest absolute Gasteiger partial charge is 0.380 e. The van der Waals surface area contributed by atoms with Gasteiger partial charge in [0.15, 0.2) is 0 Å². The molecular weight excluding hydrogens is 462 g/mol. The summed E-state index contributed by atoms with van der Waals surface area (Å²) in [5, 5.41) is 0. The number of sulfonamides is 1. The van der Waals surface area contributed by atoms with Gasteiger partial charge in [0.1, 0.15) is 10.7 Å². The molecule has 1 aromatic heterocycles. The van der Waals surface area contributed by atoms with Crippen molar-refractivity contribution in [3.05, 3.63) is 95.2 Å². The summed E-state index contributed by atoms with van der Waals surface area (Å²) >= 11 is 0. The Bertz CT molecular complexity index is 1340. The Labute approximate surface area is 206 Å². The van der Waals surface area contributed by atoms with Crippen molar-refractivity contribution in [2.24, 2.45) is 0 Å². The molecule has 0 bridgehead atoms.